The minimum absolute atomic E-state index is 0.0662. The fraction of sp³-hybridized carbons (Fsp3) is 0.0588. The van der Waals surface area contributed by atoms with Crippen molar-refractivity contribution >= 4 is 38.9 Å². The van der Waals surface area contributed by atoms with Gasteiger partial charge in [0.05, 0.1) is 11.0 Å². The molecule has 1 aliphatic rings. The largest absolute Gasteiger partial charge is 0.311 e. The van der Waals surface area contributed by atoms with Crippen molar-refractivity contribution < 1.29 is 0 Å². The highest BCUT2D eigenvalue weighted by molar-refractivity contribution is 6.11. The zero-order valence-electron chi connectivity index (χ0n) is 29.9. The Morgan fingerprint density at radius 1 is 0.377 bits per heavy atom. The lowest BCUT2D eigenvalue weighted by Crippen LogP contribution is -2.14. The van der Waals surface area contributed by atoms with Crippen LogP contribution in [-0.2, 0) is 5.41 Å². The Morgan fingerprint density at radius 3 is 1.70 bits per heavy atom. The van der Waals surface area contributed by atoms with Gasteiger partial charge in [0.25, 0.3) is 0 Å². The van der Waals surface area contributed by atoms with Crippen LogP contribution in [0.25, 0.3) is 60.9 Å². The summed E-state index contributed by atoms with van der Waals surface area (Å²) in [5.74, 6) is 0. The van der Waals surface area contributed by atoms with Crippen LogP contribution in [0.15, 0.2) is 194 Å². The lowest BCUT2D eigenvalue weighted by molar-refractivity contribution is 0.661. The number of rotatable bonds is 6. The van der Waals surface area contributed by atoms with Gasteiger partial charge in [0, 0.05) is 38.9 Å². The topological polar surface area (TPSA) is 8.17 Å². The monoisotopic (exact) mass is 678 g/mol. The van der Waals surface area contributed by atoms with E-state index in [0.717, 1.165) is 17.1 Å². The first-order valence-corrected chi connectivity index (χ1v) is 18.4. The molecule has 0 amide bonds. The number of para-hydroxylation sites is 3. The van der Waals surface area contributed by atoms with E-state index >= 15 is 0 Å². The number of hydrogen-bond acceptors (Lipinski definition) is 1. The van der Waals surface area contributed by atoms with Crippen molar-refractivity contribution in [3.05, 3.63) is 205 Å². The van der Waals surface area contributed by atoms with Crippen molar-refractivity contribution in [1.82, 2.24) is 4.57 Å². The molecule has 2 heteroatoms. The molecule has 8 aromatic carbocycles. The quantitative estimate of drug-likeness (QED) is 0.170. The van der Waals surface area contributed by atoms with Gasteiger partial charge in [-0.2, -0.15) is 0 Å². The first kappa shape index (κ1) is 31.1. The molecule has 1 aromatic heterocycles. The zero-order valence-corrected chi connectivity index (χ0v) is 29.9. The van der Waals surface area contributed by atoms with Gasteiger partial charge in [0.15, 0.2) is 0 Å². The lowest BCUT2D eigenvalue weighted by atomic mass is 9.82. The van der Waals surface area contributed by atoms with Crippen LogP contribution in [0.1, 0.15) is 25.0 Å². The van der Waals surface area contributed by atoms with E-state index in [1.54, 1.807) is 0 Å². The molecular weight excluding hydrogens is 641 g/mol. The van der Waals surface area contributed by atoms with E-state index in [2.05, 4.69) is 217 Å². The van der Waals surface area contributed by atoms with Crippen LogP contribution in [0.4, 0.5) is 17.1 Å². The second-order valence-electron chi connectivity index (χ2n) is 14.6. The van der Waals surface area contributed by atoms with E-state index < -0.39 is 0 Å². The van der Waals surface area contributed by atoms with Crippen LogP contribution in [0, 0.1) is 0 Å². The van der Waals surface area contributed by atoms with E-state index in [-0.39, 0.29) is 5.41 Å². The molecule has 10 rings (SSSR count). The maximum Gasteiger partial charge on any atom is 0.0544 e. The van der Waals surface area contributed by atoms with Gasteiger partial charge < -0.3 is 9.47 Å². The standard InChI is InChI=1S/C51H38N2/c1-51(2)47-25-11-9-23-43(47)45-33-46-44-24-10-12-26-49(44)53(50(46)34-48(45)51)42-22-14-17-38(32-42)37-16-13-15-36(31-37)35-27-29-41(30-28-35)52(39-18-5-3-6-19-39)40-20-7-4-8-21-40/h3-34H,1-2H3. The van der Waals surface area contributed by atoms with Gasteiger partial charge in [0.2, 0.25) is 0 Å². The average molecular weight is 679 g/mol. The third-order valence-corrected chi connectivity index (χ3v) is 11.2. The molecule has 0 atom stereocenters. The van der Waals surface area contributed by atoms with E-state index in [4.69, 9.17) is 0 Å². The highest BCUT2D eigenvalue weighted by Crippen LogP contribution is 2.51. The minimum Gasteiger partial charge on any atom is -0.311 e. The van der Waals surface area contributed by atoms with Gasteiger partial charge in [-0.15, -0.1) is 0 Å². The van der Waals surface area contributed by atoms with Crippen LogP contribution in [0.5, 0.6) is 0 Å². The van der Waals surface area contributed by atoms with Gasteiger partial charge in [-0.1, -0.05) is 135 Å². The summed E-state index contributed by atoms with van der Waals surface area (Å²) in [5.41, 5.74) is 17.2. The zero-order chi connectivity index (χ0) is 35.5. The van der Waals surface area contributed by atoms with Gasteiger partial charge in [0.1, 0.15) is 0 Å². The van der Waals surface area contributed by atoms with Gasteiger partial charge in [-0.05, 0) is 117 Å². The first-order valence-electron chi connectivity index (χ1n) is 18.4. The highest BCUT2D eigenvalue weighted by Gasteiger charge is 2.36. The fourth-order valence-electron chi connectivity index (χ4n) is 8.55. The molecule has 0 spiro atoms. The molecule has 0 N–H and O–H groups in total. The second kappa shape index (κ2) is 12.3. The summed E-state index contributed by atoms with van der Waals surface area (Å²) in [6.45, 7) is 4.72. The number of fused-ring (bicyclic) bond motifs is 6. The predicted molar refractivity (Wildman–Crippen MR) is 224 cm³/mol. The summed E-state index contributed by atoms with van der Waals surface area (Å²) in [5, 5.41) is 2.57. The number of hydrogen-bond donors (Lipinski definition) is 0. The summed E-state index contributed by atoms with van der Waals surface area (Å²) in [6.07, 6.45) is 0. The van der Waals surface area contributed by atoms with Crippen LogP contribution in [0.2, 0.25) is 0 Å². The van der Waals surface area contributed by atoms with Crippen LogP contribution < -0.4 is 4.90 Å². The number of nitrogens with zero attached hydrogens (tertiary/aromatic N) is 2. The van der Waals surface area contributed by atoms with Crippen LogP contribution >= 0.6 is 0 Å². The van der Waals surface area contributed by atoms with Crippen molar-refractivity contribution in [1.29, 1.82) is 0 Å². The molecule has 1 aliphatic carbocycles. The number of aromatic nitrogens is 1. The highest BCUT2D eigenvalue weighted by atomic mass is 15.1. The Morgan fingerprint density at radius 2 is 0.962 bits per heavy atom. The number of benzene rings is 8. The second-order valence-corrected chi connectivity index (χ2v) is 14.6. The van der Waals surface area contributed by atoms with Crippen molar-refractivity contribution in [2.24, 2.45) is 0 Å². The minimum atomic E-state index is -0.0662. The van der Waals surface area contributed by atoms with Crippen molar-refractivity contribution in [3.63, 3.8) is 0 Å². The lowest BCUT2D eigenvalue weighted by Gasteiger charge is -2.25. The summed E-state index contributed by atoms with van der Waals surface area (Å²) >= 11 is 0. The summed E-state index contributed by atoms with van der Waals surface area (Å²) < 4.78 is 2.46. The number of anilines is 3. The van der Waals surface area contributed by atoms with E-state index in [0.29, 0.717) is 0 Å². The molecule has 0 aliphatic heterocycles. The van der Waals surface area contributed by atoms with Crippen LogP contribution in [-0.4, -0.2) is 4.57 Å². The summed E-state index contributed by atoms with van der Waals surface area (Å²) in [7, 11) is 0. The SMILES string of the molecule is CC1(C)c2ccccc2-c2cc3c4ccccc4n(-c4cccc(-c5cccc(-c6ccc(N(c7ccccc7)c7ccccc7)cc6)c5)c4)c3cc21. The maximum absolute atomic E-state index is 2.46. The van der Waals surface area contributed by atoms with Gasteiger partial charge >= 0.3 is 0 Å². The Kier molecular flexibility index (Phi) is 7.19. The fourth-order valence-corrected chi connectivity index (χ4v) is 8.55. The molecule has 0 fully saturated rings. The Hall–Kier alpha value is -6.64. The molecule has 0 bridgehead atoms. The first-order chi connectivity index (χ1) is 26.0. The normalized spacial score (nSPS) is 12.9. The van der Waals surface area contributed by atoms with Crippen molar-refractivity contribution in [2.45, 2.75) is 19.3 Å². The molecular formula is C51H38N2. The van der Waals surface area contributed by atoms with E-state index in [1.807, 2.05) is 0 Å². The van der Waals surface area contributed by atoms with E-state index in [9.17, 15) is 0 Å². The van der Waals surface area contributed by atoms with Gasteiger partial charge in [-0.3, -0.25) is 0 Å². The maximum atomic E-state index is 2.46. The predicted octanol–water partition coefficient (Wildman–Crippen LogP) is 13.9. The molecule has 252 valence electrons. The third kappa shape index (κ3) is 5.10. The Bertz CT molecular complexity index is 2750. The Labute approximate surface area is 310 Å². The van der Waals surface area contributed by atoms with Gasteiger partial charge in [-0.25, -0.2) is 0 Å². The molecule has 0 saturated heterocycles. The van der Waals surface area contributed by atoms with Crippen molar-refractivity contribution in [3.8, 4) is 39.1 Å². The molecule has 0 unspecified atom stereocenters. The van der Waals surface area contributed by atoms with Crippen LogP contribution in [0.3, 0.4) is 0 Å². The average Bonchev–Trinajstić information content (AvgIpc) is 3.66. The molecule has 0 saturated carbocycles. The summed E-state index contributed by atoms with van der Waals surface area (Å²) in [4.78, 5) is 2.30. The summed E-state index contributed by atoms with van der Waals surface area (Å²) in [6, 6.07) is 70.6. The molecule has 1 heterocycles. The van der Waals surface area contributed by atoms with Crippen molar-refractivity contribution in [2.75, 3.05) is 4.90 Å². The molecule has 2 nitrogen and oxygen atoms in total. The molecule has 9 aromatic rings. The van der Waals surface area contributed by atoms with E-state index in [1.165, 1.54) is 72.0 Å². The smallest absolute Gasteiger partial charge is 0.0544 e. The molecule has 0 radical (unpaired) electrons. The molecule has 53 heavy (non-hydrogen) atoms. The Balaban J connectivity index is 1.04. The third-order valence-electron chi connectivity index (χ3n) is 11.2.